The molecule has 0 amide bonds. The number of aromatic nitrogens is 1. The molecule has 0 bridgehead atoms. The molecule has 0 N–H and O–H groups in total. The van der Waals surface area contributed by atoms with Crippen molar-refractivity contribution in [3.05, 3.63) is 117 Å². The Kier molecular flexibility index (Phi) is 11.9. The average Bonchev–Trinajstić information content (AvgIpc) is 3.38. The maximum absolute atomic E-state index is 14.1. The highest BCUT2D eigenvalue weighted by atomic mass is 127. The van der Waals surface area contributed by atoms with E-state index in [0.717, 1.165) is 20.3 Å². The van der Waals surface area contributed by atoms with Crippen LogP contribution in [-0.4, -0.2) is 42.9 Å². The molecule has 5 rings (SSSR count). The second kappa shape index (κ2) is 16.3. The lowest BCUT2D eigenvalue weighted by atomic mass is 9.96. The number of hydrogen-bond acceptors (Lipinski definition) is 10. The molecule has 2 heterocycles. The van der Waals surface area contributed by atoms with Crippen molar-refractivity contribution in [2.45, 2.75) is 47.3 Å². The Morgan fingerprint density at radius 1 is 0.878 bits per heavy atom. The summed E-state index contributed by atoms with van der Waals surface area (Å²) >= 11 is 3.44. The van der Waals surface area contributed by atoms with Gasteiger partial charge in [0.25, 0.3) is 5.56 Å². The molecule has 10 nitrogen and oxygen atoms in total. The molecular formula is C37H37IN2O8S. The quantitative estimate of drug-likeness (QED) is 0.121. The first-order valence-corrected chi connectivity index (χ1v) is 17.9. The molecule has 0 saturated carbocycles. The Balaban J connectivity index is 1.51. The lowest BCUT2D eigenvalue weighted by Gasteiger charge is -2.24. The minimum Gasteiger partial charge on any atom is -0.494 e. The van der Waals surface area contributed by atoms with Crippen molar-refractivity contribution in [1.29, 1.82) is 0 Å². The minimum absolute atomic E-state index is 0.193. The fraction of sp³-hybridized carbons (Fsp3) is 0.297. The van der Waals surface area contributed by atoms with Gasteiger partial charge in [0.1, 0.15) is 12.4 Å². The van der Waals surface area contributed by atoms with Crippen LogP contribution in [0.3, 0.4) is 0 Å². The van der Waals surface area contributed by atoms with Gasteiger partial charge in [0.2, 0.25) is 0 Å². The normalized spacial score (nSPS) is 14.2. The summed E-state index contributed by atoms with van der Waals surface area (Å²) in [7, 11) is 0. The molecule has 0 radical (unpaired) electrons. The van der Waals surface area contributed by atoms with Gasteiger partial charge in [-0.3, -0.25) is 9.36 Å². The Bertz CT molecular complexity index is 2050. The SMILES string of the molecule is CCOC(=O)C1=C(C)N=c2s/c(=C\c3cc(I)c(OCc4ccc(C(=O)OCC)cc4)c(OCC)c3)c(=O)n2[C@@H]1c1ccc(OCC)cc1. The minimum atomic E-state index is -0.727. The molecule has 1 aliphatic rings. The van der Waals surface area contributed by atoms with Crippen LogP contribution in [-0.2, 0) is 20.9 Å². The zero-order valence-electron chi connectivity index (χ0n) is 27.9. The molecule has 0 unspecified atom stereocenters. The van der Waals surface area contributed by atoms with Crippen LogP contribution < -0.4 is 29.1 Å². The molecule has 0 saturated heterocycles. The molecule has 0 fully saturated rings. The number of esters is 2. The van der Waals surface area contributed by atoms with Crippen molar-refractivity contribution < 1.29 is 33.3 Å². The molecule has 1 aliphatic heterocycles. The average molecular weight is 797 g/mol. The summed E-state index contributed by atoms with van der Waals surface area (Å²) < 4.78 is 31.1. The van der Waals surface area contributed by atoms with Crippen molar-refractivity contribution in [3.63, 3.8) is 0 Å². The number of halogens is 1. The summed E-state index contributed by atoms with van der Waals surface area (Å²) in [6.45, 7) is 10.8. The van der Waals surface area contributed by atoms with Crippen LogP contribution in [0.15, 0.2) is 81.7 Å². The Morgan fingerprint density at radius 2 is 1.55 bits per heavy atom. The van der Waals surface area contributed by atoms with Crippen molar-refractivity contribution in [3.8, 4) is 17.2 Å². The number of ether oxygens (including phenoxy) is 5. The van der Waals surface area contributed by atoms with E-state index in [2.05, 4.69) is 27.6 Å². The van der Waals surface area contributed by atoms with Gasteiger partial charge in [0, 0.05) is 0 Å². The topological polar surface area (TPSA) is 115 Å². The number of allylic oxidation sites excluding steroid dienone is 1. The number of benzene rings is 3. The van der Waals surface area contributed by atoms with Crippen LogP contribution in [0.5, 0.6) is 17.2 Å². The van der Waals surface area contributed by atoms with Crippen LogP contribution in [0.25, 0.3) is 6.08 Å². The van der Waals surface area contributed by atoms with E-state index in [9.17, 15) is 14.4 Å². The summed E-state index contributed by atoms with van der Waals surface area (Å²) in [5.74, 6) is 0.909. The highest BCUT2D eigenvalue weighted by molar-refractivity contribution is 14.1. The molecule has 1 atom stereocenters. The van der Waals surface area contributed by atoms with Gasteiger partial charge in [-0.2, -0.15) is 0 Å². The summed E-state index contributed by atoms with van der Waals surface area (Å²) in [6.07, 6.45) is 1.80. The fourth-order valence-electron chi connectivity index (χ4n) is 5.35. The Hall–Kier alpha value is -4.43. The number of rotatable bonds is 13. The standard InChI is InChI=1S/C37H37IN2O8S/c1-6-44-27-16-14-25(15-17-27)32-31(36(43)47-9-4)22(5)39-37-40(32)34(41)30(49-37)20-24-18-28(38)33(29(19-24)45-7-2)48-21-23-10-12-26(13-11-23)35(42)46-8-3/h10-20,32H,6-9,21H2,1-5H3/b30-20-/t32-/m1/s1. The Morgan fingerprint density at radius 3 is 2.20 bits per heavy atom. The van der Waals surface area contributed by atoms with Crippen LogP contribution in [0.2, 0.25) is 0 Å². The first-order valence-electron chi connectivity index (χ1n) is 16.0. The number of carbonyl (C=O) groups excluding carboxylic acids is 2. The Labute approximate surface area is 301 Å². The molecule has 3 aromatic carbocycles. The number of fused-ring (bicyclic) bond motifs is 1. The lowest BCUT2D eigenvalue weighted by molar-refractivity contribution is -0.139. The monoisotopic (exact) mass is 796 g/mol. The van der Waals surface area contributed by atoms with E-state index < -0.39 is 12.0 Å². The van der Waals surface area contributed by atoms with E-state index in [1.807, 2.05) is 62.4 Å². The van der Waals surface area contributed by atoms with Gasteiger partial charge in [0.15, 0.2) is 16.3 Å². The van der Waals surface area contributed by atoms with Gasteiger partial charge in [-0.25, -0.2) is 14.6 Å². The highest BCUT2D eigenvalue weighted by Crippen LogP contribution is 2.36. The second-order valence-electron chi connectivity index (χ2n) is 10.8. The molecule has 256 valence electrons. The molecule has 4 aromatic rings. The zero-order chi connectivity index (χ0) is 35.1. The first kappa shape index (κ1) is 35.9. The van der Waals surface area contributed by atoms with Gasteiger partial charge in [0.05, 0.1) is 57.4 Å². The molecule has 0 aliphatic carbocycles. The van der Waals surface area contributed by atoms with Crippen molar-refractivity contribution >= 4 is 51.9 Å². The van der Waals surface area contributed by atoms with Crippen molar-refractivity contribution in [2.75, 3.05) is 26.4 Å². The third-order valence-corrected chi connectivity index (χ3v) is 9.29. The summed E-state index contributed by atoms with van der Waals surface area (Å²) in [4.78, 5) is 44.5. The summed E-state index contributed by atoms with van der Waals surface area (Å²) in [5.41, 5.74) is 3.35. The van der Waals surface area contributed by atoms with E-state index in [4.69, 9.17) is 23.7 Å². The van der Waals surface area contributed by atoms with Crippen molar-refractivity contribution in [2.24, 2.45) is 4.99 Å². The highest BCUT2D eigenvalue weighted by Gasteiger charge is 2.33. The molecule has 12 heteroatoms. The first-order chi connectivity index (χ1) is 23.7. The van der Waals surface area contributed by atoms with Crippen LogP contribution in [0.1, 0.15) is 67.7 Å². The number of carbonyl (C=O) groups is 2. The van der Waals surface area contributed by atoms with Gasteiger partial charge < -0.3 is 23.7 Å². The van der Waals surface area contributed by atoms with Crippen LogP contribution in [0.4, 0.5) is 0 Å². The number of hydrogen-bond donors (Lipinski definition) is 0. The van der Waals surface area contributed by atoms with Crippen LogP contribution >= 0.6 is 33.9 Å². The maximum Gasteiger partial charge on any atom is 0.338 e. The maximum atomic E-state index is 14.1. The molecular weight excluding hydrogens is 759 g/mol. The fourth-order valence-corrected chi connectivity index (χ4v) is 7.18. The third kappa shape index (κ3) is 8.07. The zero-order valence-corrected chi connectivity index (χ0v) is 30.9. The molecule has 1 aromatic heterocycles. The van der Waals surface area contributed by atoms with Gasteiger partial charge in [-0.05, 0) is 116 Å². The van der Waals surface area contributed by atoms with Gasteiger partial charge in [-0.15, -0.1) is 0 Å². The van der Waals surface area contributed by atoms with E-state index in [0.29, 0.717) is 63.2 Å². The van der Waals surface area contributed by atoms with Crippen molar-refractivity contribution in [1.82, 2.24) is 4.57 Å². The largest absolute Gasteiger partial charge is 0.494 e. The third-order valence-electron chi connectivity index (χ3n) is 7.50. The summed E-state index contributed by atoms with van der Waals surface area (Å²) in [6, 6.07) is 17.5. The predicted molar refractivity (Wildman–Crippen MR) is 195 cm³/mol. The van der Waals surface area contributed by atoms with E-state index in [1.54, 1.807) is 43.5 Å². The van der Waals surface area contributed by atoms with E-state index in [1.165, 1.54) is 11.3 Å². The predicted octanol–water partition coefficient (Wildman–Crippen LogP) is 5.96. The number of thiazole rings is 1. The second-order valence-corrected chi connectivity index (χ2v) is 12.9. The van der Waals surface area contributed by atoms with E-state index in [-0.39, 0.29) is 24.7 Å². The molecule has 49 heavy (non-hydrogen) atoms. The van der Waals surface area contributed by atoms with Gasteiger partial charge in [-0.1, -0.05) is 35.6 Å². The smallest absolute Gasteiger partial charge is 0.338 e. The summed E-state index contributed by atoms with van der Waals surface area (Å²) in [5, 5.41) is 0. The van der Waals surface area contributed by atoms with Crippen LogP contribution in [0, 0.1) is 3.57 Å². The number of nitrogens with zero attached hydrogens (tertiary/aromatic N) is 2. The lowest BCUT2D eigenvalue weighted by Crippen LogP contribution is -2.39. The van der Waals surface area contributed by atoms with Gasteiger partial charge >= 0.3 is 11.9 Å². The molecule has 0 spiro atoms. The van der Waals surface area contributed by atoms with E-state index >= 15 is 0 Å².